The molecule has 0 unspecified atom stereocenters. The lowest BCUT2D eigenvalue weighted by Gasteiger charge is -2.12. The minimum Gasteiger partial charge on any atom is -0.455 e. The number of para-hydroxylation sites is 1. The van der Waals surface area contributed by atoms with Crippen molar-refractivity contribution >= 4 is 185 Å². The lowest BCUT2D eigenvalue weighted by Crippen LogP contribution is -1.91. The van der Waals surface area contributed by atoms with Gasteiger partial charge in [0.05, 0.1) is 28.3 Å². The third-order valence-corrected chi connectivity index (χ3v) is 27.7. The Morgan fingerprint density at radius 3 is 0.880 bits per heavy atom. The minimum absolute atomic E-state index is 0.865. The highest BCUT2D eigenvalue weighted by Crippen LogP contribution is 2.50. The van der Waals surface area contributed by atoms with Crippen LogP contribution in [0, 0.1) is 0 Å². The maximum Gasteiger partial charge on any atom is 0.145 e. The van der Waals surface area contributed by atoms with Crippen LogP contribution in [0.2, 0.25) is 0 Å². The van der Waals surface area contributed by atoms with Crippen LogP contribution in [-0.4, -0.2) is 34.9 Å². The molecule has 11 aromatic heterocycles. The third-order valence-electron chi connectivity index (χ3n) is 27.7. The average Bonchev–Trinajstić information content (AvgIpc) is 1.58. The molecule has 0 spiro atoms. The molecule has 0 bridgehead atoms. The van der Waals surface area contributed by atoms with Crippen molar-refractivity contribution < 1.29 is 17.7 Å². The smallest absolute Gasteiger partial charge is 0.145 e. The first-order valence-electron chi connectivity index (χ1n) is 47.6. The van der Waals surface area contributed by atoms with Crippen LogP contribution >= 0.6 is 0 Å². The first-order valence-corrected chi connectivity index (χ1v) is 47.6. The minimum atomic E-state index is 0.865. The van der Waals surface area contributed by atoms with Gasteiger partial charge in [-0.3, -0.25) is 24.9 Å². The van der Waals surface area contributed by atoms with E-state index in [4.69, 9.17) is 27.6 Å². The molecule has 11 heterocycles. The zero-order valence-corrected chi connectivity index (χ0v) is 76.4. The lowest BCUT2D eigenvalue weighted by molar-refractivity contribution is 0.670. The highest BCUT2D eigenvalue weighted by molar-refractivity contribution is 6.29. The molecular formula is C131H79N7O4. The molecule has 0 saturated heterocycles. The number of fused-ring (bicyclic) bond motifs is 25. The second-order valence-corrected chi connectivity index (χ2v) is 36.1. The molecule has 0 fully saturated rings. The monoisotopic (exact) mass is 1810 g/mol. The molecule has 662 valence electrons. The fourth-order valence-electron chi connectivity index (χ4n) is 21.0. The fourth-order valence-corrected chi connectivity index (χ4v) is 21.0. The third kappa shape index (κ3) is 14.7. The summed E-state index contributed by atoms with van der Waals surface area (Å²) in [6.07, 6.45) is 16.5. The first kappa shape index (κ1) is 82.3. The Morgan fingerprint density at radius 1 is 0.155 bits per heavy atom. The van der Waals surface area contributed by atoms with E-state index >= 15 is 0 Å². The molecule has 0 N–H and O–H groups in total. The van der Waals surface area contributed by atoms with Crippen LogP contribution < -0.4 is 0 Å². The van der Waals surface area contributed by atoms with E-state index in [1.807, 2.05) is 67.5 Å². The quantitative estimate of drug-likeness (QED) is 0.136. The Kier molecular flexibility index (Phi) is 20.0. The van der Waals surface area contributed by atoms with E-state index in [0.29, 0.717) is 0 Å². The zero-order chi connectivity index (χ0) is 93.7. The van der Waals surface area contributed by atoms with Crippen LogP contribution in [-0.2, 0) is 0 Å². The van der Waals surface area contributed by atoms with E-state index in [2.05, 4.69) is 419 Å². The SMILES string of the molecule is c1cc(-c2cccc3cccnc23)nc(-c2cc3ccccc3c3c2oc2cc4ccccc4cc23)c1.c1cc(-c2ccncc2)nc(-c2cc3ccccc3c3c2oc2cc4ccccc4cc23)c1.c1ccc2cc3c(cc2c1)oc1c(-c2cc(-c4ccncc4)cc(-c4ccncc4)c2)cc2ccccc2c13.c1cncc(-c2cccc(-c3cc4ccccc4c4c3oc3cc5ccccc5cc34)c2)c1. The predicted octanol–water partition coefficient (Wildman–Crippen LogP) is 35.5. The van der Waals surface area contributed by atoms with Gasteiger partial charge in [-0.05, 0) is 295 Å². The Hall–Kier alpha value is -19.2. The molecule has 30 aromatic rings. The average molecular weight is 1820 g/mol. The highest BCUT2D eigenvalue weighted by Gasteiger charge is 2.25. The van der Waals surface area contributed by atoms with Crippen molar-refractivity contribution in [3.8, 4) is 101 Å². The molecule has 11 heteroatoms. The molecule has 142 heavy (non-hydrogen) atoms. The van der Waals surface area contributed by atoms with Crippen LogP contribution in [0.5, 0.6) is 0 Å². The van der Waals surface area contributed by atoms with Crippen molar-refractivity contribution in [1.82, 2.24) is 34.9 Å². The van der Waals surface area contributed by atoms with Crippen molar-refractivity contribution in [1.29, 1.82) is 0 Å². The normalized spacial score (nSPS) is 11.7. The van der Waals surface area contributed by atoms with Crippen molar-refractivity contribution in [2.45, 2.75) is 0 Å². The van der Waals surface area contributed by atoms with Crippen molar-refractivity contribution in [2.24, 2.45) is 0 Å². The first-order chi connectivity index (χ1) is 70.3. The molecule has 0 radical (unpaired) electrons. The topological polar surface area (TPSA) is 143 Å². The molecule has 30 rings (SSSR count). The summed E-state index contributed by atoms with van der Waals surface area (Å²) < 4.78 is 26.5. The van der Waals surface area contributed by atoms with Crippen LogP contribution in [0.25, 0.3) is 286 Å². The van der Waals surface area contributed by atoms with E-state index in [1.54, 1.807) is 18.6 Å². The molecule has 19 aromatic carbocycles. The van der Waals surface area contributed by atoms with Crippen LogP contribution in [0.4, 0.5) is 0 Å². The van der Waals surface area contributed by atoms with Gasteiger partial charge >= 0.3 is 0 Å². The van der Waals surface area contributed by atoms with Crippen molar-refractivity contribution in [3.05, 3.63) is 480 Å². The summed E-state index contributed by atoms with van der Waals surface area (Å²) in [4.78, 5) is 31.7. The highest BCUT2D eigenvalue weighted by atomic mass is 16.3. The number of hydrogen-bond acceptors (Lipinski definition) is 11. The van der Waals surface area contributed by atoms with E-state index in [1.165, 1.54) is 91.6 Å². The van der Waals surface area contributed by atoms with Gasteiger partial charge in [-0.2, -0.15) is 0 Å². The Labute approximate surface area is 812 Å². The van der Waals surface area contributed by atoms with Crippen LogP contribution in [0.3, 0.4) is 0 Å². The van der Waals surface area contributed by atoms with Crippen LogP contribution in [0.15, 0.2) is 498 Å². The predicted molar refractivity (Wildman–Crippen MR) is 586 cm³/mol. The van der Waals surface area contributed by atoms with E-state index < -0.39 is 0 Å². The summed E-state index contributed by atoms with van der Waals surface area (Å²) in [5, 5.41) is 29.3. The summed E-state index contributed by atoms with van der Waals surface area (Å²) in [6.45, 7) is 0. The van der Waals surface area contributed by atoms with Gasteiger partial charge in [0.25, 0.3) is 0 Å². The number of aromatic nitrogens is 7. The summed E-state index contributed by atoms with van der Waals surface area (Å²) >= 11 is 0. The van der Waals surface area contributed by atoms with E-state index in [-0.39, 0.29) is 0 Å². The molecule has 11 nitrogen and oxygen atoms in total. The van der Waals surface area contributed by atoms with Crippen LogP contribution in [0.1, 0.15) is 0 Å². The molecular weight excluding hydrogens is 1740 g/mol. The standard InChI is InChI=1S/C36H22N2O.C34H20N2O.C31H19NO.C30H18N2O/c1-2-6-26-22-34-33(20-25(26)5-1)35-31-8-4-3-7-27(31)21-32(36(35)39-34)30-18-28(23-9-13-37-14-10-23)17-29(19-30)24-11-15-38-16-12-24;1-2-9-23-20-31-28(18-22(23)8-1)32-25-13-4-3-10-24(25)19-27(34(32)37-31)30-16-6-15-29(36-30)26-14-5-11-21-12-7-17-35-33(21)26;1-2-8-22-18-29-28(16-21(22)7-1)30-26-13-4-3-9-24(26)17-27(31(30)33-29)23-11-5-10-20(15-23)25-12-6-14-32-19-25;1-2-7-21-18-28-25(16-20(21)6-1)29-23-9-4-3-8-22(23)17-24(30(29)33-28)27-11-5-10-26(32-27)19-12-14-31-15-13-19/h1-22H;1-20H;1-19H;1-18H. The summed E-state index contributed by atoms with van der Waals surface area (Å²) in [6, 6.07) is 149. The maximum atomic E-state index is 6.73. The largest absolute Gasteiger partial charge is 0.455 e. The molecule has 0 saturated carbocycles. The second kappa shape index (κ2) is 34.5. The summed E-state index contributed by atoms with van der Waals surface area (Å²) in [5.41, 5.74) is 26.9. The second-order valence-electron chi connectivity index (χ2n) is 36.1. The maximum absolute atomic E-state index is 6.73. The Balaban J connectivity index is 0.0000000949. The fraction of sp³-hybridized carbons (Fsp3) is 0. The number of nitrogens with zero attached hydrogens (tertiary/aromatic N) is 7. The van der Waals surface area contributed by atoms with Gasteiger partial charge in [0.1, 0.15) is 44.7 Å². The Bertz CT molecular complexity index is 9950. The summed E-state index contributed by atoms with van der Waals surface area (Å²) in [7, 11) is 0. The van der Waals surface area contributed by atoms with Gasteiger partial charge in [0, 0.05) is 143 Å². The molecule has 0 amide bonds. The van der Waals surface area contributed by atoms with Gasteiger partial charge in [0.15, 0.2) is 0 Å². The van der Waals surface area contributed by atoms with Gasteiger partial charge in [0.2, 0.25) is 0 Å². The van der Waals surface area contributed by atoms with E-state index in [0.717, 1.165) is 194 Å². The number of pyridine rings is 7. The number of rotatable bonds is 9. The number of benzene rings is 19. The van der Waals surface area contributed by atoms with Gasteiger partial charge in [-0.25, -0.2) is 9.97 Å². The zero-order valence-electron chi connectivity index (χ0n) is 76.4. The Morgan fingerprint density at radius 2 is 0.458 bits per heavy atom. The molecule has 0 aliphatic heterocycles. The van der Waals surface area contributed by atoms with Crippen molar-refractivity contribution in [2.75, 3.05) is 0 Å². The van der Waals surface area contributed by atoms with Gasteiger partial charge in [-0.15, -0.1) is 0 Å². The molecule has 0 aliphatic rings. The number of furan rings is 4. The molecule has 0 aliphatic carbocycles. The van der Waals surface area contributed by atoms with E-state index in [9.17, 15) is 0 Å². The van der Waals surface area contributed by atoms with Gasteiger partial charge < -0.3 is 17.7 Å². The van der Waals surface area contributed by atoms with Crippen molar-refractivity contribution in [3.63, 3.8) is 0 Å². The van der Waals surface area contributed by atoms with Gasteiger partial charge in [-0.1, -0.05) is 255 Å². The lowest BCUT2D eigenvalue weighted by atomic mass is 9.91. The molecule has 0 atom stereocenters. The summed E-state index contributed by atoms with van der Waals surface area (Å²) in [5.74, 6) is 0. The number of hydrogen-bond donors (Lipinski definition) is 0.